The molecule has 2 bridgehead atoms. The lowest BCUT2D eigenvalue weighted by atomic mass is 9.54. The molecule has 0 N–H and O–H groups in total. The molecule has 0 radical (unpaired) electrons. The maximum atomic E-state index is 2.49. The first-order chi connectivity index (χ1) is 6.37. The topological polar surface area (TPSA) is 0 Å². The first-order valence-electron chi connectivity index (χ1n) is 5.75. The van der Waals surface area contributed by atoms with Gasteiger partial charge in [0.1, 0.15) is 0 Å². The largest absolute Gasteiger partial charge is 0.0873 e. The standard InChI is InChI=1S/C14H20/c1-11-8-9-12(2,10-11)14(4)7-5-6-13(11,14)3/h5-6,8-9H,7,10H2,1-4H3/t11-,12+,13+,14-/m0/s1. The Kier molecular flexibility index (Phi) is 1.18. The summed E-state index contributed by atoms with van der Waals surface area (Å²) in [6, 6.07) is 0. The lowest BCUT2D eigenvalue weighted by Gasteiger charge is -2.50. The fourth-order valence-electron chi connectivity index (χ4n) is 4.56. The number of rotatable bonds is 0. The second-order valence-corrected chi connectivity index (χ2v) is 6.49. The van der Waals surface area contributed by atoms with Gasteiger partial charge >= 0.3 is 0 Å². The van der Waals surface area contributed by atoms with Gasteiger partial charge in [0.25, 0.3) is 0 Å². The minimum atomic E-state index is 0.392. The van der Waals surface area contributed by atoms with Gasteiger partial charge in [-0.15, -0.1) is 0 Å². The second kappa shape index (κ2) is 1.89. The third-order valence-corrected chi connectivity index (χ3v) is 6.12. The van der Waals surface area contributed by atoms with Crippen LogP contribution >= 0.6 is 0 Å². The van der Waals surface area contributed by atoms with Crippen LogP contribution in [-0.4, -0.2) is 0 Å². The van der Waals surface area contributed by atoms with Gasteiger partial charge in [-0.1, -0.05) is 52.0 Å². The zero-order valence-corrected chi connectivity index (χ0v) is 9.72. The smallest absolute Gasteiger partial charge is 0.000693 e. The van der Waals surface area contributed by atoms with Crippen LogP contribution in [0.5, 0.6) is 0 Å². The van der Waals surface area contributed by atoms with Gasteiger partial charge in [0, 0.05) is 5.41 Å². The minimum absolute atomic E-state index is 0.392. The van der Waals surface area contributed by atoms with Gasteiger partial charge in [-0.3, -0.25) is 0 Å². The van der Waals surface area contributed by atoms with Crippen molar-refractivity contribution >= 4 is 0 Å². The van der Waals surface area contributed by atoms with Crippen molar-refractivity contribution in [2.75, 3.05) is 0 Å². The van der Waals surface area contributed by atoms with E-state index in [1.54, 1.807) is 0 Å². The summed E-state index contributed by atoms with van der Waals surface area (Å²) in [5.74, 6) is 0. The number of fused-ring (bicyclic) bond motifs is 5. The highest BCUT2D eigenvalue weighted by Crippen LogP contribution is 2.78. The lowest BCUT2D eigenvalue weighted by Crippen LogP contribution is -2.43. The van der Waals surface area contributed by atoms with E-state index in [4.69, 9.17) is 0 Å². The van der Waals surface area contributed by atoms with Crippen molar-refractivity contribution in [3.05, 3.63) is 24.3 Å². The summed E-state index contributed by atoms with van der Waals surface area (Å²) in [6.45, 7) is 9.84. The number of hydrogen-bond donors (Lipinski definition) is 0. The molecular formula is C14H20. The molecule has 0 nitrogen and oxygen atoms in total. The molecule has 3 aliphatic carbocycles. The van der Waals surface area contributed by atoms with Crippen molar-refractivity contribution in [1.82, 2.24) is 0 Å². The molecule has 1 saturated carbocycles. The molecule has 4 atom stereocenters. The van der Waals surface area contributed by atoms with E-state index >= 15 is 0 Å². The third-order valence-electron chi connectivity index (χ3n) is 6.12. The van der Waals surface area contributed by atoms with E-state index in [1.807, 2.05) is 0 Å². The van der Waals surface area contributed by atoms with Gasteiger partial charge in [0.15, 0.2) is 0 Å². The lowest BCUT2D eigenvalue weighted by molar-refractivity contribution is 0.0489. The van der Waals surface area contributed by atoms with Crippen LogP contribution in [0.4, 0.5) is 0 Å². The Morgan fingerprint density at radius 1 is 0.857 bits per heavy atom. The van der Waals surface area contributed by atoms with E-state index in [9.17, 15) is 0 Å². The summed E-state index contributed by atoms with van der Waals surface area (Å²) in [6.07, 6.45) is 12.5. The fourth-order valence-corrected chi connectivity index (χ4v) is 4.56. The van der Waals surface area contributed by atoms with Gasteiger partial charge in [0.05, 0.1) is 0 Å². The minimum Gasteiger partial charge on any atom is -0.0873 e. The summed E-state index contributed by atoms with van der Waals surface area (Å²) in [4.78, 5) is 0. The van der Waals surface area contributed by atoms with E-state index in [0.717, 1.165) is 0 Å². The van der Waals surface area contributed by atoms with Crippen LogP contribution in [0.1, 0.15) is 40.5 Å². The Morgan fingerprint density at radius 2 is 1.50 bits per heavy atom. The van der Waals surface area contributed by atoms with Gasteiger partial charge in [-0.25, -0.2) is 0 Å². The van der Waals surface area contributed by atoms with Crippen molar-refractivity contribution in [3.63, 3.8) is 0 Å². The summed E-state index contributed by atoms with van der Waals surface area (Å²) in [7, 11) is 0. The van der Waals surface area contributed by atoms with Crippen molar-refractivity contribution in [2.24, 2.45) is 21.7 Å². The third kappa shape index (κ3) is 0.559. The van der Waals surface area contributed by atoms with Crippen LogP contribution in [0.2, 0.25) is 0 Å². The normalized spacial score (nSPS) is 63.7. The Bertz CT molecular complexity index is 364. The average Bonchev–Trinajstić information content (AvgIpc) is 2.60. The predicted octanol–water partition coefficient (Wildman–Crippen LogP) is 3.95. The fraction of sp³-hybridized carbons (Fsp3) is 0.714. The van der Waals surface area contributed by atoms with Crippen LogP contribution in [0, 0.1) is 21.7 Å². The molecule has 0 heterocycles. The van der Waals surface area contributed by atoms with E-state index in [0.29, 0.717) is 21.7 Å². The van der Waals surface area contributed by atoms with Crippen molar-refractivity contribution in [1.29, 1.82) is 0 Å². The predicted molar refractivity (Wildman–Crippen MR) is 59.9 cm³/mol. The van der Waals surface area contributed by atoms with Gasteiger partial charge < -0.3 is 0 Å². The maximum Gasteiger partial charge on any atom is 0.000693 e. The average molecular weight is 188 g/mol. The van der Waals surface area contributed by atoms with E-state index in [1.165, 1.54) is 12.8 Å². The monoisotopic (exact) mass is 188 g/mol. The highest BCUT2D eigenvalue weighted by atomic mass is 14.7. The molecule has 76 valence electrons. The Balaban J connectivity index is 2.29. The quantitative estimate of drug-likeness (QED) is 0.505. The molecule has 0 amide bonds. The molecule has 0 aromatic rings. The van der Waals surface area contributed by atoms with Crippen LogP contribution in [0.3, 0.4) is 0 Å². The van der Waals surface area contributed by atoms with Crippen LogP contribution in [0.15, 0.2) is 24.3 Å². The summed E-state index contributed by atoms with van der Waals surface area (Å²) < 4.78 is 0. The maximum absolute atomic E-state index is 2.49. The van der Waals surface area contributed by atoms with E-state index in [2.05, 4.69) is 52.0 Å². The van der Waals surface area contributed by atoms with E-state index in [-0.39, 0.29) is 0 Å². The van der Waals surface area contributed by atoms with Crippen molar-refractivity contribution in [2.45, 2.75) is 40.5 Å². The number of hydrogen-bond acceptors (Lipinski definition) is 0. The van der Waals surface area contributed by atoms with Gasteiger partial charge in [-0.2, -0.15) is 0 Å². The highest BCUT2D eigenvalue weighted by Gasteiger charge is 2.70. The molecular weight excluding hydrogens is 168 g/mol. The zero-order valence-electron chi connectivity index (χ0n) is 9.72. The molecule has 0 heteroatoms. The van der Waals surface area contributed by atoms with Crippen molar-refractivity contribution in [3.8, 4) is 0 Å². The van der Waals surface area contributed by atoms with Crippen LogP contribution in [0.25, 0.3) is 0 Å². The summed E-state index contributed by atoms with van der Waals surface area (Å²) in [5.41, 5.74) is 1.69. The number of allylic oxidation sites excluding steroid dienone is 4. The summed E-state index contributed by atoms with van der Waals surface area (Å²) >= 11 is 0. The molecule has 0 aliphatic heterocycles. The Labute approximate surface area is 87.1 Å². The second-order valence-electron chi connectivity index (χ2n) is 6.49. The van der Waals surface area contributed by atoms with Gasteiger partial charge in [0.2, 0.25) is 0 Å². The molecule has 3 rings (SSSR count). The first kappa shape index (κ1) is 8.76. The molecule has 1 fully saturated rings. The zero-order chi connectivity index (χ0) is 10.2. The molecule has 0 aromatic carbocycles. The Morgan fingerprint density at radius 3 is 2.14 bits per heavy atom. The highest BCUT2D eigenvalue weighted by molar-refractivity contribution is 5.39. The molecule has 0 spiro atoms. The van der Waals surface area contributed by atoms with Crippen LogP contribution < -0.4 is 0 Å². The molecule has 0 unspecified atom stereocenters. The Hall–Kier alpha value is -0.520. The van der Waals surface area contributed by atoms with Crippen molar-refractivity contribution < 1.29 is 0 Å². The van der Waals surface area contributed by atoms with Gasteiger partial charge in [-0.05, 0) is 29.1 Å². The van der Waals surface area contributed by atoms with E-state index < -0.39 is 0 Å². The summed E-state index contributed by atoms with van der Waals surface area (Å²) in [5, 5.41) is 0. The molecule has 3 aliphatic rings. The molecule has 0 saturated heterocycles. The van der Waals surface area contributed by atoms with Crippen LogP contribution in [-0.2, 0) is 0 Å². The SMILES string of the molecule is C[C@]12C=CC[C@@]1(C)[C@]1(C)C=C[C@@]2(C)C1. The first-order valence-corrected chi connectivity index (χ1v) is 5.75. The molecule has 14 heavy (non-hydrogen) atoms. The molecule has 0 aromatic heterocycles.